The molecule has 5 heteroatoms. The Labute approximate surface area is 219 Å². The van der Waals surface area contributed by atoms with E-state index in [2.05, 4.69) is 13.0 Å². The number of amides is 1. The highest BCUT2D eigenvalue weighted by Gasteiger charge is 2.49. The zero-order chi connectivity index (χ0) is 26.1. The quantitative estimate of drug-likeness (QED) is 0.291. The van der Waals surface area contributed by atoms with Crippen LogP contribution in [-0.4, -0.2) is 22.3 Å². The van der Waals surface area contributed by atoms with E-state index in [0.717, 1.165) is 47.9 Å². The van der Waals surface area contributed by atoms with Crippen molar-refractivity contribution in [3.05, 3.63) is 95.6 Å². The van der Waals surface area contributed by atoms with E-state index in [4.69, 9.17) is 4.74 Å². The highest BCUT2D eigenvalue weighted by molar-refractivity contribution is 5.88. The Kier molecular flexibility index (Phi) is 8.74. The molecule has 1 fully saturated rings. The lowest BCUT2D eigenvalue weighted by Crippen LogP contribution is -2.55. The van der Waals surface area contributed by atoms with Crippen LogP contribution in [0.5, 0.6) is 0 Å². The summed E-state index contributed by atoms with van der Waals surface area (Å²) in [6.07, 6.45) is 4.97. The van der Waals surface area contributed by atoms with Gasteiger partial charge in [-0.3, -0.25) is 4.79 Å². The van der Waals surface area contributed by atoms with Gasteiger partial charge in [-0.1, -0.05) is 99.0 Å². The summed E-state index contributed by atoms with van der Waals surface area (Å²) in [5.74, 6) is -0.369. The van der Waals surface area contributed by atoms with Gasteiger partial charge >= 0.3 is 5.97 Å². The van der Waals surface area contributed by atoms with E-state index in [9.17, 15) is 14.9 Å². The largest absolute Gasteiger partial charge is 0.459 e. The molecule has 4 rings (SSSR count). The lowest BCUT2D eigenvalue weighted by molar-refractivity contribution is -0.166. The van der Waals surface area contributed by atoms with Crippen molar-refractivity contribution >= 4 is 11.9 Å². The zero-order valence-corrected chi connectivity index (χ0v) is 21.5. The number of carbonyl (C=O) groups is 2. The van der Waals surface area contributed by atoms with E-state index in [1.165, 1.54) is 0 Å². The number of nitriles is 1. The first-order valence-corrected chi connectivity index (χ1v) is 13.2. The van der Waals surface area contributed by atoms with Gasteiger partial charge in [0, 0.05) is 13.0 Å². The first kappa shape index (κ1) is 26.2. The maximum absolute atomic E-state index is 13.6. The van der Waals surface area contributed by atoms with Gasteiger partial charge in [-0.15, -0.1) is 0 Å². The number of unbranched alkanes of at least 4 members (excludes halogenated alkanes) is 1. The number of hydrogen-bond acceptors (Lipinski definition) is 4. The third kappa shape index (κ3) is 6.09. The Morgan fingerprint density at radius 1 is 0.946 bits per heavy atom. The maximum Gasteiger partial charge on any atom is 0.332 e. The molecular weight excluding hydrogens is 460 g/mol. The van der Waals surface area contributed by atoms with Crippen LogP contribution >= 0.6 is 0 Å². The second-order valence-corrected chi connectivity index (χ2v) is 9.74. The molecule has 0 radical (unpaired) electrons. The molecule has 0 aromatic heterocycles. The summed E-state index contributed by atoms with van der Waals surface area (Å²) in [4.78, 5) is 29.0. The molecule has 0 unspecified atom stereocenters. The minimum Gasteiger partial charge on any atom is -0.459 e. The van der Waals surface area contributed by atoms with E-state index >= 15 is 0 Å². The summed E-state index contributed by atoms with van der Waals surface area (Å²) in [5.41, 5.74) is 3.15. The monoisotopic (exact) mass is 494 g/mol. The third-order valence-electron chi connectivity index (χ3n) is 7.22. The predicted octanol–water partition coefficient (Wildman–Crippen LogP) is 6.80. The normalized spacial score (nSPS) is 14.1. The Balaban J connectivity index is 1.64. The topological polar surface area (TPSA) is 70.4 Å². The van der Waals surface area contributed by atoms with E-state index in [0.29, 0.717) is 24.8 Å². The first-order chi connectivity index (χ1) is 18.1. The van der Waals surface area contributed by atoms with Crippen LogP contribution < -0.4 is 0 Å². The predicted molar refractivity (Wildman–Crippen MR) is 144 cm³/mol. The molecule has 1 aliphatic carbocycles. The van der Waals surface area contributed by atoms with Gasteiger partial charge in [0.15, 0.2) is 0 Å². The highest BCUT2D eigenvalue weighted by atomic mass is 16.5. The Hall–Kier alpha value is -3.91. The van der Waals surface area contributed by atoms with Gasteiger partial charge in [-0.2, -0.15) is 5.26 Å². The number of carbonyl (C=O) groups excluding carboxylic acids is 2. The van der Waals surface area contributed by atoms with Gasteiger partial charge in [-0.05, 0) is 47.6 Å². The minimum atomic E-state index is -0.982. The number of benzene rings is 3. The highest BCUT2D eigenvalue weighted by Crippen LogP contribution is 2.39. The van der Waals surface area contributed by atoms with E-state index in [1.807, 2.05) is 78.9 Å². The second-order valence-electron chi connectivity index (χ2n) is 9.74. The van der Waals surface area contributed by atoms with Crippen LogP contribution in [0.15, 0.2) is 78.9 Å². The molecule has 0 heterocycles. The molecule has 0 atom stereocenters. The SMILES string of the molecule is CCCCC(=O)N(Cc1ccc(-c2ccccc2)c(C#N)c1)C1(C(=O)OCc2ccccc2)CCCC1. The molecule has 0 N–H and O–H groups in total. The smallest absolute Gasteiger partial charge is 0.332 e. The van der Waals surface area contributed by atoms with Gasteiger partial charge in [0.25, 0.3) is 0 Å². The van der Waals surface area contributed by atoms with E-state index < -0.39 is 5.54 Å². The Morgan fingerprint density at radius 3 is 2.27 bits per heavy atom. The lowest BCUT2D eigenvalue weighted by atomic mass is 9.92. The fourth-order valence-electron chi connectivity index (χ4n) is 5.18. The molecule has 1 saturated carbocycles. The molecule has 190 valence electrons. The average Bonchev–Trinajstić information content (AvgIpc) is 3.45. The van der Waals surface area contributed by atoms with Gasteiger partial charge in [-0.25, -0.2) is 4.79 Å². The molecule has 37 heavy (non-hydrogen) atoms. The number of ether oxygens (including phenoxy) is 1. The molecule has 0 spiro atoms. The van der Waals surface area contributed by atoms with Gasteiger partial charge < -0.3 is 9.64 Å². The molecule has 1 aliphatic rings. The molecule has 1 amide bonds. The van der Waals surface area contributed by atoms with Crippen molar-refractivity contribution in [1.29, 1.82) is 5.26 Å². The van der Waals surface area contributed by atoms with Crippen molar-refractivity contribution in [2.24, 2.45) is 0 Å². The van der Waals surface area contributed by atoms with Crippen LogP contribution in [0, 0.1) is 11.3 Å². The molecule has 0 bridgehead atoms. The minimum absolute atomic E-state index is 0.0361. The van der Waals surface area contributed by atoms with Crippen molar-refractivity contribution in [2.45, 2.75) is 70.6 Å². The zero-order valence-electron chi connectivity index (χ0n) is 21.5. The number of esters is 1. The van der Waals surface area contributed by atoms with Crippen LogP contribution in [0.25, 0.3) is 11.1 Å². The third-order valence-corrected chi connectivity index (χ3v) is 7.22. The summed E-state index contributed by atoms with van der Waals surface area (Å²) in [6.45, 7) is 2.51. The van der Waals surface area contributed by atoms with E-state index in [-0.39, 0.29) is 25.0 Å². The van der Waals surface area contributed by atoms with Crippen molar-refractivity contribution in [3.63, 3.8) is 0 Å². The molecular formula is C32H34N2O3. The van der Waals surface area contributed by atoms with Crippen LogP contribution in [0.3, 0.4) is 0 Å². The Morgan fingerprint density at radius 2 is 1.62 bits per heavy atom. The summed E-state index contributed by atoms with van der Waals surface area (Å²) in [7, 11) is 0. The summed E-state index contributed by atoms with van der Waals surface area (Å²) < 4.78 is 5.83. The fraction of sp³-hybridized carbons (Fsp3) is 0.344. The molecule has 3 aromatic rings. The average molecular weight is 495 g/mol. The van der Waals surface area contributed by atoms with Crippen molar-refractivity contribution < 1.29 is 14.3 Å². The first-order valence-electron chi connectivity index (χ1n) is 13.2. The van der Waals surface area contributed by atoms with Crippen LogP contribution in [0.2, 0.25) is 0 Å². The molecule has 0 saturated heterocycles. The summed E-state index contributed by atoms with van der Waals surface area (Å²) in [6, 6.07) is 27.5. The fourth-order valence-corrected chi connectivity index (χ4v) is 5.18. The van der Waals surface area contributed by atoms with Crippen molar-refractivity contribution in [3.8, 4) is 17.2 Å². The van der Waals surface area contributed by atoms with Crippen LogP contribution in [0.4, 0.5) is 0 Å². The number of hydrogen-bond donors (Lipinski definition) is 0. The molecule has 0 aliphatic heterocycles. The van der Waals surface area contributed by atoms with Gasteiger partial charge in [0.2, 0.25) is 5.91 Å². The summed E-state index contributed by atoms with van der Waals surface area (Å²) in [5, 5.41) is 9.89. The van der Waals surface area contributed by atoms with Crippen molar-refractivity contribution in [2.75, 3.05) is 0 Å². The number of nitrogens with zero attached hydrogens (tertiary/aromatic N) is 2. The summed E-state index contributed by atoms with van der Waals surface area (Å²) >= 11 is 0. The Bertz CT molecular complexity index is 1240. The van der Waals surface area contributed by atoms with Gasteiger partial charge in [0.05, 0.1) is 11.6 Å². The molecule has 3 aromatic carbocycles. The van der Waals surface area contributed by atoms with Crippen LogP contribution in [0.1, 0.15) is 68.6 Å². The second kappa shape index (κ2) is 12.4. The van der Waals surface area contributed by atoms with Crippen molar-refractivity contribution in [1.82, 2.24) is 4.90 Å². The standard InChI is InChI=1S/C32H34N2O3/c1-2-3-16-30(35)34(23-26-17-18-29(28(21-26)22-33)27-14-8-5-9-15-27)32(19-10-11-20-32)31(36)37-24-25-12-6-4-7-13-25/h4-9,12-15,17-18,21H,2-3,10-11,16,19-20,23-24H2,1H3. The van der Waals surface area contributed by atoms with Gasteiger partial charge in [0.1, 0.15) is 12.1 Å². The molecule has 5 nitrogen and oxygen atoms in total. The lowest BCUT2D eigenvalue weighted by Gasteiger charge is -2.39. The number of rotatable bonds is 10. The van der Waals surface area contributed by atoms with Crippen LogP contribution in [-0.2, 0) is 27.5 Å². The van der Waals surface area contributed by atoms with E-state index in [1.54, 1.807) is 4.90 Å². The maximum atomic E-state index is 13.6.